The van der Waals surface area contributed by atoms with Crippen molar-refractivity contribution in [2.75, 3.05) is 20.3 Å². The Balaban J connectivity index is 0.00000136. The zero-order chi connectivity index (χ0) is 21.0. The molecule has 2 atom stereocenters. The van der Waals surface area contributed by atoms with E-state index in [4.69, 9.17) is 19.0 Å². The molecule has 1 aromatic carbocycles. The molecule has 3 rings (SSSR count). The van der Waals surface area contributed by atoms with E-state index in [1.54, 1.807) is 7.11 Å². The van der Waals surface area contributed by atoms with Crippen LogP contribution in [0.15, 0.2) is 30.3 Å². The highest BCUT2D eigenvalue weighted by Crippen LogP contribution is 2.49. The smallest absolute Gasteiger partial charge is 0.172 e. The molecule has 28 heavy (non-hydrogen) atoms. The lowest BCUT2D eigenvalue weighted by atomic mass is 9.78. The molecular formula is C23H39NO4. The lowest BCUT2D eigenvalue weighted by Crippen LogP contribution is -2.65. The maximum atomic E-state index is 6.48. The van der Waals surface area contributed by atoms with Crippen molar-refractivity contribution in [2.45, 2.75) is 90.4 Å². The predicted octanol–water partition coefficient (Wildman–Crippen LogP) is 5.12. The number of nitrogens with zero attached hydrogens (tertiary/aromatic N) is 1. The average molecular weight is 394 g/mol. The molecule has 0 bridgehead atoms. The van der Waals surface area contributed by atoms with Gasteiger partial charge in [0.2, 0.25) is 0 Å². The fraction of sp³-hybridized carbons (Fsp3) is 0.739. The molecule has 2 unspecified atom stereocenters. The van der Waals surface area contributed by atoms with E-state index in [0.717, 1.165) is 12.8 Å². The van der Waals surface area contributed by atoms with Crippen molar-refractivity contribution in [1.29, 1.82) is 0 Å². The van der Waals surface area contributed by atoms with Crippen LogP contribution in [0.3, 0.4) is 0 Å². The van der Waals surface area contributed by atoms with Gasteiger partial charge in [0.05, 0.1) is 13.2 Å². The largest absolute Gasteiger partial charge is 0.382 e. The van der Waals surface area contributed by atoms with E-state index in [9.17, 15) is 0 Å². The molecular weight excluding hydrogens is 354 g/mol. The van der Waals surface area contributed by atoms with E-state index in [0.29, 0.717) is 13.2 Å². The lowest BCUT2D eigenvalue weighted by Gasteiger charge is -2.56. The maximum Gasteiger partial charge on any atom is 0.172 e. The monoisotopic (exact) mass is 393 g/mol. The summed E-state index contributed by atoms with van der Waals surface area (Å²) in [5.41, 5.74) is 0.715. The summed E-state index contributed by atoms with van der Waals surface area (Å²) in [6, 6.07) is 10.3. The average Bonchev–Trinajstić information content (AvgIpc) is 3.01. The standard InChI is InChI=1S/C21H33NO4.C2H6/c1-16(17-10-8-7-9-11-17)26-22-19(2,3)14-21(15-20(22,4)5)24-13-18(25-21)12-23-6;1-2/h7-11,16,18H,12-15H2,1-6H3;1-2H3. The molecule has 5 nitrogen and oxygen atoms in total. The molecule has 0 radical (unpaired) electrons. The quantitative estimate of drug-likeness (QED) is 0.695. The van der Waals surface area contributed by atoms with Crippen molar-refractivity contribution in [2.24, 2.45) is 0 Å². The first-order valence-corrected chi connectivity index (χ1v) is 10.5. The summed E-state index contributed by atoms with van der Waals surface area (Å²) in [6.45, 7) is 16.0. The van der Waals surface area contributed by atoms with Crippen LogP contribution >= 0.6 is 0 Å². The molecule has 5 heteroatoms. The van der Waals surface area contributed by atoms with E-state index in [1.165, 1.54) is 5.56 Å². The van der Waals surface area contributed by atoms with Crippen molar-refractivity contribution in [1.82, 2.24) is 5.06 Å². The highest BCUT2D eigenvalue weighted by Gasteiger charge is 2.57. The predicted molar refractivity (Wildman–Crippen MR) is 112 cm³/mol. The SMILES string of the molecule is CC.COCC1COC2(CC(C)(C)N(OC(C)c3ccccc3)C(C)(C)C2)O1. The minimum atomic E-state index is -0.563. The summed E-state index contributed by atoms with van der Waals surface area (Å²) in [6.07, 6.45) is 1.49. The van der Waals surface area contributed by atoms with Crippen LogP contribution in [0.4, 0.5) is 0 Å². The molecule has 0 aromatic heterocycles. The second-order valence-electron chi connectivity index (χ2n) is 8.85. The minimum absolute atomic E-state index is 0.00214. The van der Waals surface area contributed by atoms with Crippen molar-refractivity contribution in [3.63, 3.8) is 0 Å². The molecule has 1 spiro atoms. The van der Waals surface area contributed by atoms with Gasteiger partial charge in [-0.15, -0.1) is 0 Å². The van der Waals surface area contributed by atoms with Crippen LogP contribution < -0.4 is 0 Å². The highest BCUT2D eigenvalue weighted by atomic mass is 16.8. The zero-order valence-corrected chi connectivity index (χ0v) is 19.0. The summed E-state index contributed by atoms with van der Waals surface area (Å²) in [4.78, 5) is 6.48. The van der Waals surface area contributed by atoms with E-state index < -0.39 is 5.79 Å². The summed E-state index contributed by atoms with van der Waals surface area (Å²) in [5.74, 6) is -0.563. The number of methoxy groups -OCH3 is 1. The van der Waals surface area contributed by atoms with Crippen molar-refractivity contribution < 1.29 is 19.0 Å². The first-order chi connectivity index (χ1) is 13.2. The van der Waals surface area contributed by atoms with Crippen LogP contribution in [0.5, 0.6) is 0 Å². The number of ether oxygens (including phenoxy) is 3. The fourth-order valence-corrected chi connectivity index (χ4v) is 4.64. The second-order valence-corrected chi connectivity index (χ2v) is 8.85. The van der Waals surface area contributed by atoms with Gasteiger partial charge in [0.15, 0.2) is 5.79 Å². The molecule has 1 aromatic rings. The first kappa shape index (κ1) is 23.3. The van der Waals surface area contributed by atoms with Crippen molar-refractivity contribution >= 4 is 0 Å². The van der Waals surface area contributed by atoms with E-state index in [2.05, 4.69) is 51.8 Å². The van der Waals surface area contributed by atoms with Gasteiger partial charge in [-0.25, -0.2) is 0 Å². The maximum absolute atomic E-state index is 6.48. The van der Waals surface area contributed by atoms with Crippen molar-refractivity contribution in [3.8, 4) is 0 Å². The van der Waals surface area contributed by atoms with Gasteiger partial charge in [0, 0.05) is 31.0 Å². The lowest BCUT2D eigenvalue weighted by molar-refractivity contribution is -0.351. The third-order valence-corrected chi connectivity index (χ3v) is 5.30. The Morgan fingerprint density at radius 2 is 1.64 bits per heavy atom. The summed E-state index contributed by atoms with van der Waals surface area (Å²) >= 11 is 0. The van der Waals surface area contributed by atoms with Crippen LogP contribution in [-0.2, 0) is 19.0 Å². The Kier molecular flexibility index (Phi) is 7.68. The third-order valence-electron chi connectivity index (χ3n) is 5.30. The van der Waals surface area contributed by atoms with E-state index >= 15 is 0 Å². The van der Waals surface area contributed by atoms with Crippen LogP contribution in [0, 0.1) is 0 Å². The minimum Gasteiger partial charge on any atom is -0.382 e. The molecule has 0 aliphatic carbocycles. The molecule has 0 saturated carbocycles. The van der Waals surface area contributed by atoms with Gasteiger partial charge in [-0.1, -0.05) is 44.2 Å². The Morgan fingerprint density at radius 1 is 1.07 bits per heavy atom. The summed E-state index contributed by atoms with van der Waals surface area (Å²) in [5, 5.41) is 2.15. The van der Waals surface area contributed by atoms with Crippen molar-refractivity contribution in [3.05, 3.63) is 35.9 Å². The first-order valence-electron chi connectivity index (χ1n) is 10.5. The number of hydrogen-bond donors (Lipinski definition) is 0. The Morgan fingerprint density at radius 3 is 2.18 bits per heavy atom. The number of piperidine rings is 1. The highest BCUT2D eigenvalue weighted by molar-refractivity contribution is 5.17. The Bertz CT molecular complexity index is 584. The molecule has 2 aliphatic rings. The zero-order valence-electron chi connectivity index (χ0n) is 19.0. The number of hydrogen-bond acceptors (Lipinski definition) is 5. The normalized spacial score (nSPS) is 26.5. The van der Waals surface area contributed by atoms with Gasteiger partial charge in [-0.2, -0.15) is 5.06 Å². The van der Waals surface area contributed by atoms with Crippen LogP contribution in [0.2, 0.25) is 0 Å². The fourth-order valence-electron chi connectivity index (χ4n) is 4.64. The van der Waals surface area contributed by atoms with Crippen LogP contribution in [0.25, 0.3) is 0 Å². The topological polar surface area (TPSA) is 40.2 Å². The van der Waals surface area contributed by atoms with Gasteiger partial charge >= 0.3 is 0 Å². The second kappa shape index (κ2) is 9.23. The van der Waals surface area contributed by atoms with E-state index in [1.807, 2.05) is 32.0 Å². The van der Waals surface area contributed by atoms with Gasteiger partial charge < -0.3 is 14.2 Å². The molecule has 2 heterocycles. The molecule has 2 fully saturated rings. The van der Waals surface area contributed by atoms with Gasteiger partial charge in [0.25, 0.3) is 0 Å². The summed E-state index contributed by atoms with van der Waals surface area (Å²) < 4.78 is 17.7. The van der Waals surface area contributed by atoms with Gasteiger partial charge in [-0.05, 0) is 40.2 Å². The van der Waals surface area contributed by atoms with Gasteiger partial charge in [0.1, 0.15) is 12.2 Å². The summed E-state index contributed by atoms with van der Waals surface area (Å²) in [7, 11) is 1.70. The van der Waals surface area contributed by atoms with Crippen LogP contribution in [0.1, 0.15) is 73.0 Å². The number of rotatable bonds is 5. The molecule has 2 aliphatic heterocycles. The number of hydroxylamine groups is 2. The van der Waals surface area contributed by atoms with Crippen LogP contribution in [-0.4, -0.2) is 48.4 Å². The molecule has 0 N–H and O–H groups in total. The molecule has 160 valence electrons. The molecule has 2 saturated heterocycles. The number of benzene rings is 1. The van der Waals surface area contributed by atoms with Gasteiger partial charge in [-0.3, -0.25) is 4.84 Å². The molecule has 0 amide bonds. The Hall–Kier alpha value is -0.980. The Labute approximate surface area is 171 Å². The third kappa shape index (κ3) is 5.14. The van der Waals surface area contributed by atoms with E-state index in [-0.39, 0.29) is 23.3 Å².